The van der Waals surface area contributed by atoms with Crippen molar-refractivity contribution in [2.45, 2.75) is 19.4 Å². The molecule has 3 rings (SSSR count). The maximum absolute atomic E-state index is 12.9. The minimum absolute atomic E-state index is 0.148. The van der Waals surface area contributed by atoms with Gasteiger partial charge in [-0.3, -0.25) is 9.59 Å². The van der Waals surface area contributed by atoms with E-state index in [1.807, 2.05) is 25.1 Å². The number of aliphatic hydroxyl groups is 1. The van der Waals surface area contributed by atoms with Crippen LogP contribution in [0.4, 0.5) is 0 Å². The van der Waals surface area contributed by atoms with E-state index in [1.54, 1.807) is 25.4 Å². The van der Waals surface area contributed by atoms with Crippen LogP contribution in [0.5, 0.6) is 5.88 Å². The van der Waals surface area contributed by atoms with Crippen molar-refractivity contribution >= 4 is 11.8 Å². The molecule has 1 aliphatic heterocycles. The number of carbonyl (C=O) groups excluding carboxylic acids is 2. The molecule has 2 amide bonds. The third-order valence-corrected chi connectivity index (χ3v) is 4.73. The van der Waals surface area contributed by atoms with Crippen molar-refractivity contribution in [2.75, 3.05) is 26.8 Å². The summed E-state index contributed by atoms with van der Waals surface area (Å²) in [6, 6.07) is 8.47. The first-order valence-corrected chi connectivity index (χ1v) is 8.85. The lowest BCUT2D eigenvalue weighted by molar-refractivity contribution is -0.128. The molecule has 0 bridgehead atoms. The summed E-state index contributed by atoms with van der Waals surface area (Å²) in [6.07, 6.45) is 1.98. The van der Waals surface area contributed by atoms with Crippen molar-refractivity contribution in [3.63, 3.8) is 0 Å². The molecule has 142 valence electrons. The highest BCUT2D eigenvalue weighted by Crippen LogP contribution is 2.26. The molecule has 2 aromatic rings. The molecule has 7 nitrogen and oxygen atoms in total. The molecule has 0 saturated carbocycles. The summed E-state index contributed by atoms with van der Waals surface area (Å²) in [5, 5.41) is 11.9. The van der Waals surface area contributed by atoms with Gasteiger partial charge in [-0.1, -0.05) is 12.1 Å². The van der Waals surface area contributed by atoms with E-state index in [-0.39, 0.29) is 24.8 Å². The van der Waals surface area contributed by atoms with Gasteiger partial charge in [0.2, 0.25) is 11.8 Å². The number of piperazine rings is 1. The van der Waals surface area contributed by atoms with E-state index >= 15 is 0 Å². The molecule has 0 spiro atoms. The summed E-state index contributed by atoms with van der Waals surface area (Å²) >= 11 is 0. The minimum Gasteiger partial charge on any atom is -0.481 e. The van der Waals surface area contributed by atoms with E-state index in [4.69, 9.17) is 4.74 Å². The second-order valence-corrected chi connectivity index (χ2v) is 6.44. The lowest BCUT2D eigenvalue weighted by atomic mass is 10.0. The van der Waals surface area contributed by atoms with Crippen LogP contribution in [-0.2, 0) is 4.79 Å². The molecule has 1 unspecified atom stereocenters. The molecule has 1 atom stereocenters. The Morgan fingerprint density at radius 2 is 2.11 bits per heavy atom. The highest BCUT2D eigenvalue weighted by molar-refractivity contribution is 5.98. The number of carbonyl (C=O) groups is 2. The van der Waals surface area contributed by atoms with Gasteiger partial charge in [-0.25, -0.2) is 4.98 Å². The number of rotatable bonds is 5. The molecule has 2 N–H and O–H groups in total. The highest BCUT2D eigenvalue weighted by atomic mass is 16.5. The van der Waals surface area contributed by atoms with Gasteiger partial charge in [-0.2, -0.15) is 0 Å². The van der Waals surface area contributed by atoms with Gasteiger partial charge in [0, 0.05) is 43.1 Å². The van der Waals surface area contributed by atoms with Gasteiger partial charge in [0.05, 0.1) is 7.11 Å². The average Bonchev–Trinajstić information content (AvgIpc) is 2.69. The predicted molar refractivity (Wildman–Crippen MR) is 100 cm³/mol. The molecule has 2 heterocycles. The number of ether oxygens (including phenoxy) is 1. The van der Waals surface area contributed by atoms with Gasteiger partial charge in [0.1, 0.15) is 6.04 Å². The van der Waals surface area contributed by atoms with Crippen LogP contribution in [0.1, 0.15) is 22.3 Å². The minimum atomic E-state index is -0.635. The van der Waals surface area contributed by atoms with E-state index in [1.165, 1.54) is 4.90 Å². The third-order valence-electron chi connectivity index (χ3n) is 4.73. The predicted octanol–water partition coefficient (Wildman–Crippen LogP) is 1.39. The van der Waals surface area contributed by atoms with Crippen molar-refractivity contribution < 1.29 is 19.4 Å². The van der Waals surface area contributed by atoms with Crippen molar-refractivity contribution in [1.82, 2.24) is 15.2 Å². The van der Waals surface area contributed by atoms with Gasteiger partial charge < -0.3 is 20.1 Å². The fourth-order valence-corrected chi connectivity index (χ4v) is 3.27. The fourth-order valence-electron chi connectivity index (χ4n) is 3.27. The summed E-state index contributed by atoms with van der Waals surface area (Å²) in [6.45, 7) is 2.68. The van der Waals surface area contributed by atoms with Crippen molar-refractivity contribution in [3.8, 4) is 17.0 Å². The summed E-state index contributed by atoms with van der Waals surface area (Å²) < 4.78 is 5.13. The molecule has 1 saturated heterocycles. The number of methoxy groups -OCH3 is 1. The Kier molecular flexibility index (Phi) is 5.71. The molecule has 1 aromatic heterocycles. The first kappa shape index (κ1) is 18.8. The first-order chi connectivity index (χ1) is 13.0. The largest absolute Gasteiger partial charge is 0.481 e. The molecule has 0 radical (unpaired) electrons. The lowest BCUT2D eigenvalue weighted by Gasteiger charge is -2.34. The number of hydrogen-bond acceptors (Lipinski definition) is 5. The number of aromatic nitrogens is 1. The number of hydrogen-bond donors (Lipinski definition) is 2. The van der Waals surface area contributed by atoms with E-state index in [2.05, 4.69) is 10.3 Å². The monoisotopic (exact) mass is 369 g/mol. The SMILES string of the molecule is COc1cc(C)c(-c2ccc(C(=O)N3CCNC(=O)C3CCO)cc2)cn1. The molecule has 1 aromatic carbocycles. The van der Waals surface area contributed by atoms with E-state index in [0.717, 1.165) is 16.7 Å². The van der Waals surface area contributed by atoms with Crippen molar-refractivity contribution in [1.29, 1.82) is 0 Å². The molecule has 7 heteroatoms. The average molecular weight is 369 g/mol. The zero-order valence-electron chi connectivity index (χ0n) is 15.4. The Balaban J connectivity index is 1.82. The maximum Gasteiger partial charge on any atom is 0.254 e. The van der Waals surface area contributed by atoms with Crippen LogP contribution < -0.4 is 10.1 Å². The van der Waals surface area contributed by atoms with E-state index < -0.39 is 6.04 Å². The lowest BCUT2D eigenvalue weighted by Crippen LogP contribution is -2.57. The maximum atomic E-state index is 12.9. The highest BCUT2D eigenvalue weighted by Gasteiger charge is 2.32. The van der Waals surface area contributed by atoms with Crippen LogP contribution in [0.25, 0.3) is 11.1 Å². The number of nitrogens with one attached hydrogen (secondary N) is 1. The van der Waals surface area contributed by atoms with Crippen LogP contribution in [0.2, 0.25) is 0 Å². The number of benzene rings is 1. The molecular formula is C20H23N3O4. The van der Waals surface area contributed by atoms with Crippen LogP contribution in [0.15, 0.2) is 36.5 Å². The van der Waals surface area contributed by atoms with Crippen molar-refractivity contribution in [3.05, 3.63) is 47.7 Å². The topological polar surface area (TPSA) is 91.8 Å². The van der Waals surface area contributed by atoms with Gasteiger partial charge >= 0.3 is 0 Å². The number of nitrogens with zero attached hydrogens (tertiary/aromatic N) is 2. The molecular weight excluding hydrogens is 346 g/mol. The quantitative estimate of drug-likeness (QED) is 0.831. The summed E-state index contributed by atoms with van der Waals surface area (Å²) in [7, 11) is 1.58. The third kappa shape index (κ3) is 3.93. The van der Waals surface area contributed by atoms with Crippen LogP contribution in [0, 0.1) is 6.92 Å². The van der Waals surface area contributed by atoms with Crippen LogP contribution in [0.3, 0.4) is 0 Å². The second-order valence-electron chi connectivity index (χ2n) is 6.44. The number of pyridine rings is 1. The Morgan fingerprint density at radius 3 is 2.74 bits per heavy atom. The zero-order valence-corrected chi connectivity index (χ0v) is 15.4. The van der Waals surface area contributed by atoms with Gasteiger partial charge in [-0.15, -0.1) is 0 Å². The first-order valence-electron chi connectivity index (χ1n) is 8.85. The zero-order chi connectivity index (χ0) is 19.4. The van der Waals surface area contributed by atoms with Gasteiger partial charge in [-0.05, 0) is 36.6 Å². The number of aliphatic hydroxyl groups excluding tert-OH is 1. The van der Waals surface area contributed by atoms with Crippen LogP contribution >= 0.6 is 0 Å². The summed E-state index contributed by atoms with van der Waals surface area (Å²) in [5.41, 5.74) is 3.44. The van der Waals surface area contributed by atoms with E-state index in [9.17, 15) is 14.7 Å². The van der Waals surface area contributed by atoms with Crippen LogP contribution in [-0.4, -0.2) is 59.7 Å². The Labute approximate surface area is 158 Å². The Morgan fingerprint density at radius 1 is 1.37 bits per heavy atom. The molecule has 0 aliphatic carbocycles. The second kappa shape index (κ2) is 8.18. The molecule has 27 heavy (non-hydrogen) atoms. The standard InChI is InChI=1S/C20H23N3O4/c1-13-11-18(27-2)22-12-16(13)14-3-5-15(6-4-14)20(26)23-9-8-21-19(25)17(23)7-10-24/h3-6,11-12,17,24H,7-10H2,1-2H3,(H,21,25). The normalized spacial score (nSPS) is 16.8. The fraction of sp³-hybridized carbons (Fsp3) is 0.350. The molecule has 1 fully saturated rings. The van der Waals surface area contributed by atoms with E-state index in [0.29, 0.717) is 24.5 Å². The Hall–Kier alpha value is -2.93. The summed E-state index contributed by atoms with van der Waals surface area (Å²) in [5.74, 6) is 0.126. The number of aryl methyl sites for hydroxylation is 1. The molecule has 1 aliphatic rings. The summed E-state index contributed by atoms with van der Waals surface area (Å²) in [4.78, 5) is 30.7. The van der Waals surface area contributed by atoms with Gasteiger partial charge in [0.15, 0.2) is 0 Å². The Bertz CT molecular complexity index is 836. The number of amides is 2. The van der Waals surface area contributed by atoms with Crippen molar-refractivity contribution in [2.24, 2.45) is 0 Å². The van der Waals surface area contributed by atoms with Gasteiger partial charge in [0.25, 0.3) is 5.91 Å². The smallest absolute Gasteiger partial charge is 0.254 e.